The van der Waals surface area contributed by atoms with Crippen molar-refractivity contribution < 1.29 is 45.2 Å². The zero-order valence-corrected chi connectivity index (χ0v) is 28.9. The summed E-state index contributed by atoms with van der Waals surface area (Å²) < 4.78 is 73.0. The first kappa shape index (κ1) is 35.5. The lowest BCUT2D eigenvalue weighted by Crippen LogP contribution is -2.41. The maximum absolute atomic E-state index is 12.3. The molecule has 3 aliphatic rings. The van der Waals surface area contributed by atoms with Crippen molar-refractivity contribution in [3.63, 3.8) is 0 Å². The lowest BCUT2D eigenvalue weighted by Gasteiger charge is -2.37. The van der Waals surface area contributed by atoms with Crippen molar-refractivity contribution in [3.05, 3.63) is 71.5 Å². The zero-order valence-electron chi connectivity index (χ0n) is 27.2. The van der Waals surface area contributed by atoms with Gasteiger partial charge in [0.05, 0.1) is 15.2 Å². The number of hydrogen-bond acceptors (Lipinski definition) is 8. The van der Waals surface area contributed by atoms with Crippen molar-refractivity contribution in [2.45, 2.75) is 86.3 Å². The fourth-order valence-electron chi connectivity index (χ4n) is 7.56. The van der Waals surface area contributed by atoms with Crippen molar-refractivity contribution in [2.24, 2.45) is 0 Å². The van der Waals surface area contributed by atoms with Crippen molar-refractivity contribution in [1.29, 1.82) is 0 Å². The van der Waals surface area contributed by atoms with Crippen LogP contribution in [-0.4, -0.2) is 72.8 Å². The van der Waals surface area contributed by atoms with Crippen molar-refractivity contribution in [1.82, 2.24) is 5.32 Å². The number of fused-ring (bicyclic) bond motifs is 6. The average molecular weight is 700 g/mol. The second kappa shape index (κ2) is 13.2. The SMILES string of the molecule is CCN1/C2=C/C=C/C3=[N+](CCCCCC(=O)NCCCC(=O)O)c4ccc(S(=O)(=O)O)cc4C3(C)CC2(C)c2cc(S(=O)(=O)[O-])ccc21. The first-order valence-electron chi connectivity index (χ1n) is 16.0. The Morgan fingerprint density at radius 1 is 0.958 bits per heavy atom. The fourth-order valence-corrected chi connectivity index (χ4v) is 8.56. The number of unbranched alkanes of at least 4 members (excludes halogenated alkanes) is 2. The van der Waals surface area contributed by atoms with E-state index in [9.17, 15) is 35.5 Å². The summed E-state index contributed by atoms with van der Waals surface area (Å²) in [6.45, 7) is 7.49. The molecule has 48 heavy (non-hydrogen) atoms. The van der Waals surface area contributed by atoms with Gasteiger partial charge in [0.25, 0.3) is 10.1 Å². The van der Waals surface area contributed by atoms with Crippen LogP contribution in [0.1, 0.15) is 76.8 Å². The molecule has 12 nitrogen and oxygen atoms in total. The Bertz CT molecular complexity index is 1970. The standard InChI is InChI=1S/C34H41N3O9S2/c1-4-36-27-16-14-23(47(41,42)43)20-25(27)33(2)22-34(3)26-21-24(48(44,45)46)15-17-28(26)37(30(34)11-8-10-29(33)36)19-7-5-6-12-31(38)35-18-9-13-32(39)40/h8,10-11,14-17,20-21H,4-7,9,12-13,18-19,22H2,1-3H3,(H3-,35,38,39,40,41,42,43,44,45,46). The Morgan fingerprint density at radius 3 is 2.33 bits per heavy atom. The Morgan fingerprint density at radius 2 is 1.67 bits per heavy atom. The second-order valence-electron chi connectivity index (χ2n) is 13.0. The van der Waals surface area contributed by atoms with Crippen LogP contribution in [0.25, 0.3) is 0 Å². The molecule has 3 N–H and O–H groups in total. The highest BCUT2D eigenvalue weighted by atomic mass is 32.2. The highest BCUT2D eigenvalue weighted by Crippen LogP contribution is 2.57. The van der Waals surface area contributed by atoms with Gasteiger partial charge >= 0.3 is 5.97 Å². The molecule has 14 heteroatoms. The second-order valence-corrected chi connectivity index (χ2v) is 15.8. The van der Waals surface area contributed by atoms with Gasteiger partial charge in [0.2, 0.25) is 11.6 Å². The number of likely N-dealkylation sites (N-methyl/N-ethyl adjacent to an activating group) is 1. The van der Waals surface area contributed by atoms with Crippen LogP contribution in [0.4, 0.5) is 11.4 Å². The molecule has 2 atom stereocenters. The molecule has 2 unspecified atom stereocenters. The third-order valence-corrected chi connectivity index (χ3v) is 11.4. The van der Waals surface area contributed by atoms with Crippen LogP contribution < -0.4 is 10.2 Å². The summed E-state index contributed by atoms with van der Waals surface area (Å²) in [6.07, 6.45) is 9.12. The van der Waals surface area contributed by atoms with Crippen LogP contribution in [0.2, 0.25) is 0 Å². The van der Waals surface area contributed by atoms with Crippen LogP contribution in [0.5, 0.6) is 0 Å². The zero-order chi connectivity index (χ0) is 35.1. The molecule has 2 aromatic carbocycles. The smallest absolute Gasteiger partial charge is 0.303 e. The third-order valence-electron chi connectivity index (χ3n) is 9.71. The van der Waals surface area contributed by atoms with Gasteiger partial charge in [0, 0.05) is 66.9 Å². The minimum Gasteiger partial charge on any atom is -0.744 e. The molecule has 1 aliphatic carbocycles. The Hall–Kier alpha value is -3.85. The molecule has 0 fully saturated rings. The normalized spacial score (nSPS) is 23.3. The minimum atomic E-state index is -4.73. The van der Waals surface area contributed by atoms with Crippen LogP contribution in [0, 0.1) is 0 Å². The number of carbonyl (C=O) groups excluding carboxylic acids is 1. The minimum absolute atomic E-state index is 0.00176. The van der Waals surface area contributed by atoms with Gasteiger partial charge in [-0.15, -0.1) is 0 Å². The molecule has 2 aromatic rings. The van der Waals surface area contributed by atoms with Gasteiger partial charge < -0.3 is 19.9 Å². The van der Waals surface area contributed by atoms with E-state index in [0.29, 0.717) is 62.9 Å². The molecule has 1 amide bonds. The molecule has 2 aliphatic heterocycles. The van der Waals surface area contributed by atoms with Gasteiger partial charge in [-0.1, -0.05) is 6.08 Å². The molecule has 0 radical (unpaired) electrons. The van der Waals surface area contributed by atoms with Crippen molar-refractivity contribution >= 4 is 49.2 Å². The van der Waals surface area contributed by atoms with E-state index in [1.54, 1.807) is 12.1 Å². The predicted octanol–water partition coefficient (Wildman–Crippen LogP) is 4.38. The average Bonchev–Trinajstić information content (AvgIpc) is 3.36. The van der Waals surface area contributed by atoms with E-state index < -0.39 is 37.0 Å². The molecule has 0 spiro atoms. The van der Waals surface area contributed by atoms with Gasteiger partial charge in [-0.25, -0.2) is 8.42 Å². The number of nitrogens with one attached hydrogen (secondary N) is 1. The number of nitrogens with zero attached hydrogens (tertiary/aromatic N) is 2. The number of rotatable bonds is 13. The summed E-state index contributed by atoms with van der Waals surface area (Å²) in [5, 5.41) is 11.5. The predicted molar refractivity (Wildman–Crippen MR) is 178 cm³/mol. The number of anilines is 1. The first-order valence-corrected chi connectivity index (χ1v) is 18.9. The molecule has 258 valence electrons. The number of benzene rings is 2. The fraction of sp³-hybridized carbons (Fsp3) is 0.441. The quantitative estimate of drug-likeness (QED) is 0.154. The highest BCUT2D eigenvalue weighted by molar-refractivity contribution is 7.86. The number of amides is 1. The Kier molecular flexibility index (Phi) is 9.77. The summed E-state index contributed by atoms with van der Waals surface area (Å²) in [7, 11) is -9.25. The largest absolute Gasteiger partial charge is 0.744 e. The lowest BCUT2D eigenvalue weighted by molar-refractivity contribution is -0.438. The summed E-state index contributed by atoms with van der Waals surface area (Å²) >= 11 is 0. The van der Waals surface area contributed by atoms with E-state index >= 15 is 0 Å². The van der Waals surface area contributed by atoms with Gasteiger partial charge in [-0.2, -0.15) is 13.0 Å². The molecule has 0 aromatic heterocycles. The number of carbonyl (C=O) groups is 2. The topological polar surface area (TPSA) is 184 Å². The number of carboxylic acids is 1. The van der Waals surface area contributed by atoms with E-state index in [4.69, 9.17) is 5.11 Å². The van der Waals surface area contributed by atoms with E-state index in [1.165, 1.54) is 24.3 Å². The van der Waals surface area contributed by atoms with E-state index in [1.807, 2.05) is 39.0 Å². The Labute approximate surface area is 281 Å². The van der Waals surface area contributed by atoms with E-state index in [0.717, 1.165) is 29.2 Å². The number of aliphatic carboxylic acids is 1. The lowest BCUT2D eigenvalue weighted by atomic mass is 9.64. The maximum atomic E-state index is 12.3. The van der Waals surface area contributed by atoms with Gasteiger partial charge in [-0.3, -0.25) is 14.1 Å². The van der Waals surface area contributed by atoms with Crippen LogP contribution in [0.3, 0.4) is 0 Å². The molecular formula is C34H41N3O9S2. The number of allylic oxidation sites excluding steroid dienone is 4. The van der Waals surface area contributed by atoms with E-state index in [2.05, 4.69) is 14.8 Å². The maximum Gasteiger partial charge on any atom is 0.303 e. The van der Waals surface area contributed by atoms with Crippen molar-refractivity contribution in [3.8, 4) is 0 Å². The van der Waals surface area contributed by atoms with Gasteiger partial charge in [0.1, 0.15) is 16.7 Å². The third kappa shape index (κ3) is 6.71. The molecule has 2 heterocycles. The summed E-state index contributed by atoms with van der Waals surface area (Å²) in [5.74, 6) is -1.03. The summed E-state index contributed by atoms with van der Waals surface area (Å²) in [5.41, 5.74) is 3.21. The number of hydrogen-bond donors (Lipinski definition) is 3. The van der Waals surface area contributed by atoms with Gasteiger partial charge in [-0.05, 0) is 88.4 Å². The summed E-state index contributed by atoms with van der Waals surface area (Å²) in [4.78, 5) is 24.4. The van der Waals surface area contributed by atoms with Crippen LogP contribution in [-0.2, 0) is 40.7 Å². The molecule has 0 bridgehead atoms. The van der Waals surface area contributed by atoms with E-state index in [-0.39, 0.29) is 22.1 Å². The molecule has 0 saturated carbocycles. The van der Waals surface area contributed by atoms with Crippen LogP contribution in [0.15, 0.2) is 70.1 Å². The number of carboxylic acid groups (broad SMARTS) is 1. The highest BCUT2D eigenvalue weighted by Gasteiger charge is 2.55. The van der Waals surface area contributed by atoms with Gasteiger partial charge in [0.15, 0.2) is 5.71 Å². The molecule has 0 saturated heterocycles. The molecular weight excluding hydrogens is 659 g/mol. The Balaban J connectivity index is 1.49. The summed E-state index contributed by atoms with van der Waals surface area (Å²) in [6, 6.07) is 9.03. The molecule has 5 rings (SSSR count). The van der Waals surface area contributed by atoms with Crippen LogP contribution >= 0.6 is 0 Å². The monoisotopic (exact) mass is 699 g/mol. The first-order chi connectivity index (χ1) is 22.5. The van der Waals surface area contributed by atoms with Crippen molar-refractivity contribution in [2.75, 3.05) is 24.5 Å².